The van der Waals surface area contributed by atoms with Crippen LogP contribution in [0.2, 0.25) is 0 Å². The first-order chi connectivity index (χ1) is 10.3. The van der Waals surface area contributed by atoms with Crippen molar-refractivity contribution < 1.29 is 13.2 Å². The zero-order chi connectivity index (χ0) is 16.3. The molecule has 0 aromatic heterocycles. The Balaban J connectivity index is 2.05. The van der Waals surface area contributed by atoms with E-state index in [1.165, 1.54) is 12.1 Å². The Morgan fingerprint density at radius 2 is 1.73 bits per heavy atom. The van der Waals surface area contributed by atoms with Crippen molar-refractivity contribution in [2.75, 3.05) is 0 Å². The first-order valence-corrected chi connectivity index (χ1v) is 8.29. The molecule has 0 saturated heterocycles. The zero-order valence-corrected chi connectivity index (χ0v) is 13.3. The second-order valence-corrected chi connectivity index (χ2v) is 6.75. The van der Waals surface area contributed by atoms with E-state index in [4.69, 9.17) is 5.14 Å². The molecule has 2 aromatic carbocycles. The van der Waals surface area contributed by atoms with Crippen LogP contribution < -0.4 is 10.5 Å². The van der Waals surface area contributed by atoms with Gasteiger partial charge in [-0.15, -0.1) is 0 Å². The van der Waals surface area contributed by atoms with E-state index in [1.807, 2.05) is 26.0 Å². The summed E-state index contributed by atoms with van der Waals surface area (Å²) in [6, 6.07) is 11.7. The van der Waals surface area contributed by atoms with Crippen molar-refractivity contribution in [3.63, 3.8) is 0 Å². The number of hydrogen-bond acceptors (Lipinski definition) is 3. The van der Waals surface area contributed by atoms with Gasteiger partial charge < -0.3 is 5.32 Å². The van der Waals surface area contributed by atoms with Crippen molar-refractivity contribution in [1.82, 2.24) is 5.32 Å². The van der Waals surface area contributed by atoms with Crippen molar-refractivity contribution in [3.8, 4) is 0 Å². The average Bonchev–Trinajstić information content (AvgIpc) is 2.44. The molecule has 0 saturated carbocycles. The van der Waals surface area contributed by atoms with Crippen LogP contribution in [0, 0.1) is 13.8 Å². The molecule has 116 valence electrons. The van der Waals surface area contributed by atoms with Gasteiger partial charge in [0.1, 0.15) is 0 Å². The Kier molecular flexibility index (Phi) is 4.63. The molecule has 5 nitrogen and oxygen atoms in total. The SMILES string of the molecule is Cc1ccc(C(=O)NCc2ccc(S(N)(=O)=O)cc2)c(C)c1. The van der Waals surface area contributed by atoms with Crippen LogP contribution in [-0.4, -0.2) is 14.3 Å². The van der Waals surface area contributed by atoms with Gasteiger partial charge in [0.25, 0.3) is 5.91 Å². The Bertz CT molecular complexity index is 797. The first kappa shape index (κ1) is 16.2. The number of hydrogen-bond donors (Lipinski definition) is 2. The number of primary sulfonamides is 1. The third kappa shape index (κ3) is 3.93. The molecule has 0 spiro atoms. The fourth-order valence-corrected chi connectivity index (χ4v) is 2.66. The van der Waals surface area contributed by atoms with Gasteiger partial charge in [0, 0.05) is 12.1 Å². The molecule has 22 heavy (non-hydrogen) atoms. The monoisotopic (exact) mass is 318 g/mol. The number of benzene rings is 2. The molecule has 2 aromatic rings. The Morgan fingerprint density at radius 3 is 2.27 bits per heavy atom. The summed E-state index contributed by atoms with van der Waals surface area (Å²) < 4.78 is 22.3. The van der Waals surface area contributed by atoms with E-state index in [-0.39, 0.29) is 10.8 Å². The van der Waals surface area contributed by atoms with Gasteiger partial charge in [-0.05, 0) is 43.2 Å². The lowest BCUT2D eigenvalue weighted by atomic mass is 10.1. The van der Waals surface area contributed by atoms with E-state index in [1.54, 1.807) is 18.2 Å². The second-order valence-electron chi connectivity index (χ2n) is 5.19. The molecule has 0 aliphatic rings. The predicted molar refractivity (Wildman–Crippen MR) is 84.9 cm³/mol. The Labute approximate surface area is 130 Å². The Hall–Kier alpha value is -2.18. The predicted octanol–water partition coefficient (Wildman–Crippen LogP) is 1.88. The number of amides is 1. The van der Waals surface area contributed by atoms with Gasteiger partial charge in [-0.25, -0.2) is 13.6 Å². The summed E-state index contributed by atoms with van der Waals surface area (Å²) in [5, 5.41) is 7.85. The van der Waals surface area contributed by atoms with Gasteiger partial charge in [-0.3, -0.25) is 4.79 Å². The summed E-state index contributed by atoms with van der Waals surface area (Å²) in [4.78, 5) is 12.2. The lowest BCUT2D eigenvalue weighted by Gasteiger charge is -2.09. The smallest absolute Gasteiger partial charge is 0.251 e. The number of nitrogens with two attached hydrogens (primary N) is 1. The number of nitrogens with one attached hydrogen (secondary N) is 1. The number of sulfonamides is 1. The van der Waals surface area contributed by atoms with Crippen LogP contribution in [0.25, 0.3) is 0 Å². The lowest BCUT2D eigenvalue weighted by molar-refractivity contribution is 0.0950. The lowest BCUT2D eigenvalue weighted by Crippen LogP contribution is -2.23. The van der Waals surface area contributed by atoms with Crippen LogP contribution in [0.3, 0.4) is 0 Å². The van der Waals surface area contributed by atoms with E-state index in [9.17, 15) is 13.2 Å². The maximum absolute atomic E-state index is 12.1. The van der Waals surface area contributed by atoms with Crippen molar-refractivity contribution >= 4 is 15.9 Å². The molecule has 0 fully saturated rings. The van der Waals surface area contributed by atoms with Gasteiger partial charge >= 0.3 is 0 Å². The van der Waals surface area contributed by atoms with E-state index >= 15 is 0 Å². The van der Waals surface area contributed by atoms with E-state index < -0.39 is 10.0 Å². The van der Waals surface area contributed by atoms with Crippen molar-refractivity contribution in [3.05, 3.63) is 64.7 Å². The van der Waals surface area contributed by atoms with Gasteiger partial charge in [0.15, 0.2) is 0 Å². The fourth-order valence-electron chi connectivity index (χ4n) is 2.14. The third-order valence-corrected chi connectivity index (χ3v) is 4.26. The van der Waals surface area contributed by atoms with Crippen molar-refractivity contribution in [1.29, 1.82) is 0 Å². The summed E-state index contributed by atoms with van der Waals surface area (Å²) in [7, 11) is -3.69. The van der Waals surface area contributed by atoms with E-state index in [0.29, 0.717) is 12.1 Å². The first-order valence-electron chi connectivity index (χ1n) is 6.74. The highest BCUT2D eigenvalue weighted by Crippen LogP contribution is 2.12. The molecule has 0 aliphatic carbocycles. The van der Waals surface area contributed by atoms with E-state index in [0.717, 1.165) is 16.7 Å². The molecule has 3 N–H and O–H groups in total. The fraction of sp³-hybridized carbons (Fsp3) is 0.188. The molecule has 6 heteroatoms. The van der Waals surface area contributed by atoms with Gasteiger partial charge in [0.2, 0.25) is 10.0 Å². The topological polar surface area (TPSA) is 89.3 Å². The second kappa shape index (κ2) is 6.29. The molecule has 1 amide bonds. The molecule has 2 rings (SSSR count). The third-order valence-electron chi connectivity index (χ3n) is 3.33. The standard InChI is InChI=1S/C16H18N2O3S/c1-11-3-8-15(12(2)9-11)16(19)18-10-13-4-6-14(7-5-13)22(17,20)21/h3-9H,10H2,1-2H3,(H,18,19)(H2,17,20,21). The highest BCUT2D eigenvalue weighted by atomic mass is 32.2. The average molecular weight is 318 g/mol. The van der Waals surface area contributed by atoms with Gasteiger partial charge in [-0.1, -0.05) is 29.8 Å². The normalized spacial score (nSPS) is 11.2. The summed E-state index contributed by atoms with van der Waals surface area (Å²) >= 11 is 0. The minimum atomic E-state index is -3.69. The summed E-state index contributed by atoms with van der Waals surface area (Å²) in [5.74, 6) is -0.159. The van der Waals surface area contributed by atoms with Crippen molar-refractivity contribution in [2.24, 2.45) is 5.14 Å². The number of carbonyl (C=O) groups excluding carboxylic acids is 1. The van der Waals surface area contributed by atoms with Crippen LogP contribution in [0.15, 0.2) is 47.4 Å². The van der Waals surface area contributed by atoms with Crippen LogP contribution in [0.1, 0.15) is 27.0 Å². The minimum Gasteiger partial charge on any atom is -0.348 e. The summed E-state index contributed by atoms with van der Waals surface area (Å²) in [6.07, 6.45) is 0. The maximum Gasteiger partial charge on any atom is 0.251 e. The van der Waals surface area contributed by atoms with Crippen LogP contribution in [-0.2, 0) is 16.6 Å². The quantitative estimate of drug-likeness (QED) is 0.902. The molecule has 0 aliphatic heterocycles. The number of rotatable bonds is 4. The summed E-state index contributed by atoms with van der Waals surface area (Å²) in [5.41, 5.74) is 3.45. The summed E-state index contributed by atoms with van der Waals surface area (Å²) in [6.45, 7) is 4.18. The number of carbonyl (C=O) groups is 1. The molecule has 0 bridgehead atoms. The minimum absolute atomic E-state index is 0.0527. The van der Waals surface area contributed by atoms with E-state index in [2.05, 4.69) is 5.32 Å². The molecular weight excluding hydrogens is 300 g/mol. The number of aryl methyl sites for hydroxylation is 2. The molecular formula is C16H18N2O3S. The van der Waals surface area contributed by atoms with Gasteiger partial charge in [0.05, 0.1) is 4.90 Å². The van der Waals surface area contributed by atoms with Crippen LogP contribution >= 0.6 is 0 Å². The highest BCUT2D eigenvalue weighted by molar-refractivity contribution is 7.89. The molecule has 0 unspecified atom stereocenters. The molecule has 0 heterocycles. The largest absolute Gasteiger partial charge is 0.348 e. The highest BCUT2D eigenvalue weighted by Gasteiger charge is 2.10. The van der Waals surface area contributed by atoms with Crippen LogP contribution in [0.5, 0.6) is 0 Å². The van der Waals surface area contributed by atoms with Gasteiger partial charge in [-0.2, -0.15) is 0 Å². The molecule has 0 atom stereocenters. The van der Waals surface area contributed by atoms with Crippen LogP contribution in [0.4, 0.5) is 0 Å². The zero-order valence-electron chi connectivity index (χ0n) is 12.5. The maximum atomic E-state index is 12.1. The van der Waals surface area contributed by atoms with Crippen molar-refractivity contribution in [2.45, 2.75) is 25.3 Å². The molecule has 0 radical (unpaired) electrons. The Morgan fingerprint density at radius 1 is 1.09 bits per heavy atom.